The molecule has 0 aliphatic rings. The number of amides is 2. The maximum absolute atomic E-state index is 12.0. The maximum atomic E-state index is 12.0. The van der Waals surface area contributed by atoms with Crippen molar-refractivity contribution in [3.63, 3.8) is 0 Å². The summed E-state index contributed by atoms with van der Waals surface area (Å²) in [6.45, 7) is 1.66. The molecule has 0 spiro atoms. The van der Waals surface area contributed by atoms with E-state index in [0.717, 1.165) is 6.26 Å². The number of carbonyl (C=O) groups is 2. The van der Waals surface area contributed by atoms with Crippen molar-refractivity contribution in [3.05, 3.63) is 54.0 Å². The van der Waals surface area contributed by atoms with Crippen LogP contribution < -0.4 is 10.6 Å². The zero-order valence-electron chi connectivity index (χ0n) is 11.9. The predicted octanol–water partition coefficient (Wildman–Crippen LogP) is 1.87. The molecule has 2 N–H and O–H groups in total. The summed E-state index contributed by atoms with van der Waals surface area (Å²) in [5.41, 5.74) is 0.617. The van der Waals surface area contributed by atoms with Crippen LogP contribution in [0.1, 0.15) is 26.7 Å². The van der Waals surface area contributed by atoms with Crippen molar-refractivity contribution < 1.29 is 18.5 Å². The summed E-state index contributed by atoms with van der Waals surface area (Å²) in [5.74, 6) is -0.540. The zero-order chi connectivity index (χ0) is 16.2. The number of nitrogens with one attached hydrogen (secondary N) is 2. The van der Waals surface area contributed by atoms with Crippen molar-refractivity contribution >= 4 is 23.5 Å². The fourth-order valence-corrected chi connectivity index (χ4v) is 1.70. The Morgan fingerprint density at radius 2 is 2.00 bits per heavy atom. The van der Waals surface area contributed by atoms with Crippen LogP contribution in [-0.4, -0.2) is 26.9 Å². The first-order valence-electron chi connectivity index (χ1n) is 6.53. The minimum atomic E-state index is -0.553. The van der Waals surface area contributed by atoms with E-state index in [2.05, 4.69) is 25.8 Å². The Morgan fingerprint density at radius 1 is 1.17 bits per heavy atom. The normalized spacial score (nSPS) is 10.3. The van der Waals surface area contributed by atoms with Crippen molar-refractivity contribution in [1.82, 2.24) is 15.1 Å². The van der Waals surface area contributed by atoms with Crippen LogP contribution in [0.5, 0.6) is 0 Å². The summed E-state index contributed by atoms with van der Waals surface area (Å²) in [6.07, 6.45) is 4.22. The van der Waals surface area contributed by atoms with Crippen LogP contribution in [0.3, 0.4) is 0 Å². The second kappa shape index (κ2) is 6.10. The lowest BCUT2D eigenvalue weighted by Gasteiger charge is -2.00. The number of rotatable bonds is 4. The van der Waals surface area contributed by atoms with Gasteiger partial charge in [0.2, 0.25) is 0 Å². The molecule has 0 radical (unpaired) electrons. The second-order valence-electron chi connectivity index (χ2n) is 4.51. The first-order valence-corrected chi connectivity index (χ1v) is 6.53. The Kier molecular flexibility index (Phi) is 3.83. The van der Waals surface area contributed by atoms with E-state index in [-0.39, 0.29) is 17.4 Å². The molecule has 3 heterocycles. The molecule has 0 aliphatic heterocycles. The van der Waals surface area contributed by atoms with Gasteiger partial charge in [0.15, 0.2) is 11.4 Å². The Balaban J connectivity index is 1.66. The van der Waals surface area contributed by atoms with Gasteiger partial charge >= 0.3 is 6.01 Å². The number of hydrogen-bond donors (Lipinski definition) is 2. The third-order valence-electron chi connectivity index (χ3n) is 2.74. The van der Waals surface area contributed by atoms with Crippen molar-refractivity contribution in [1.29, 1.82) is 0 Å². The van der Waals surface area contributed by atoms with E-state index < -0.39 is 11.8 Å². The summed E-state index contributed by atoms with van der Waals surface area (Å²) in [7, 11) is 0. The van der Waals surface area contributed by atoms with Crippen LogP contribution in [0.15, 0.2) is 45.8 Å². The zero-order valence-corrected chi connectivity index (χ0v) is 11.9. The van der Waals surface area contributed by atoms with Crippen LogP contribution in [0.25, 0.3) is 0 Å². The lowest BCUT2D eigenvalue weighted by atomic mass is 10.3. The van der Waals surface area contributed by atoms with Gasteiger partial charge < -0.3 is 14.3 Å². The van der Waals surface area contributed by atoms with E-state index in [1.165, 1.54) is 12.3 Å². The molecule has 0 atom stereocenters. The van der Waals surface area contributed by atoms with E-state index in [9.17, 15) is 9.59 Å². The van der Waals surface area contributed by atoms with Gasteiger partial charge in [0, 0.05) is 12.3 Å². The van der Waals surface area contributed by atoms with Crippen LogP contribution in [0.2, 0.25) is 0 Å². The number of carbonyl (C=O) groups excluding carboxylic acids is 2. The van der Waals surface area contributed by atoms with Gasteiger partial charge in [-0.15, -0.1) is 0 Å². The molecule has 0 bridgehead atoms. The molecule has 2 amide bonds. The molecule has 0 aromatic carbocycles. The topological polar surface area (TPSA) is 123 Å². The third kappa shape index (κ3) is 3.40. The highest BCUT2D eigenvalue weighted by atomic mass is 16.5. The lowest BCUT2D eigenvalue weighted by Crippen LogP contribution is -2.14. The SMILES string of the molecule is Cc1cc(C(=O)Nc2nc(C(=O)Nc3cccnc3)co2)no1. The first kappa shape index (κ1) is 14.4. The van der Waals surface area contributed by atoms with E-state index in [0.29, 0.717) is 11.4 Å². The molecule has 9 heteroatoms. The number of nitrogens with zero attached hydrogens (tertiary/aromatic N) is 3. The number of aromatic nitrogens is 3. The molecule has 3 aromatic heterocycles. The molecule has 3 aromatic rings. The minimum Gasteiger partial charge on any atom is -0.431 e. The van der Waals surface area contributed by atoms with E-state index in [1.54, 1.807) is 25.3 Å². The summed E-state index contributed by atoms with van der Waals surface area (Å²) in [6, 6.07) is 4.71. The monoisotopic (exact) mass is 313 g/mol. The van der Waals surface area contributed by atoms with Crippen molar-refractivity contribution in [2.24, 2.45) is 0 Å². The average molecular weight is 313 g/mol. The van der Waals surface area contributed by atoms with Crippen molar-refractivity contribution in [2.45, 2.75) is 6.92 Å². The molecule has 23 heavy (non-hydrogen) atoms. The molecule has 0 saturated carbocycles. The van der Waals surface area contributed by atoms with Crippen LogP contribution in [0, 0.1) is 6.92 Å². The van der Waals surface area contributed by atoms with E-state index >= 15 is 0 Å². The predicted molar refractivity (Wildman–Crippen MR) is 77.9 cm³/mol. The standard InChI is InChI=1S/C14H11N5O4/c1-8-5-10(19-23-8)12(20)18-14-17-11(7-22-14)13(21)16-9-3-2-4-15-6-9/h2-7H,1H3,(H,16,21)(H,17,18,20). The molecule has 0 saturated heterocycles. The largest absolute Gasteiger partial charge is 0.431 e. The summed E-state index contributed by atoms with van der Waals surface area (Å²) in [5, 5.41) is 8.54. The van der Waals surface area contributed by atoms with E-state index in [1.807, 2.05) is 0 Å². The molecular weight excluding hydrogens is 302 g/mol. The second-order valence-corrected chi connectivity index (χ2v) is 4.51. The Morgan fingerprint density at radius 3 is 2.70 bits per heavy atom. The molecule has 3 rings (SSSR count). The van der Waals surface area contributed by atoms with Gasteiger partial charge in [0.1, 0.15) is 12.0 Å². The fourth-order valence-electron chi connectivity index (χ4n) is 1.70. The average Bonchev–Trinajstić information content (AvgIpc) is 3.17. The van der Waals surface area contributed by atoms with Crippen LogP contribution in [-0.2, 0) is 0 Å². The number of hydrogen-bond acceptors (Lipinski definition) is 7. The van der Waals surface area contributed by atoms with Gasteiger partial charge in [-0.3, -0.25) is 19.9 Å². The highest BCUT2D eigenvalue weighted by Crippen LogP contribution is 2.12. The lowest BCUT2D eigenvalue weighted by molar-refractivity contribution is 0.100. The molecule has 116 valence electrons. The smallest absolute Gasteiger partial charge is 0.302 e. The molecule has 0 fully saturated rings. The van der Waals surface area contributed by atoms with E-state index in [4.69, 9.17) is 8.94 Å². The quantitative estimate of drug-likeness (QED) is 0.753. The number of anilines is 2. The number of aryl methyl sites for hydroxylation is 1. The molecule has 0 unspecified atom stereocenters. The summed E-state index contributed by atoms with van der Waals surface area (Å²) in [4.78, 5) is 31.6. The Bertz CT molecular complexity index is 840. The van der Waals surface area contributed by atoms with Crippen molar-refractivity contribution in [2.75, 3.05) is 10.6 Å². The minimum absolute atomic E-state index is 0.0143. The fraction of sp³-hybridized carbons (Fsp3) is 0.0714. The van der Waals surface area contributed by atoms with Gasteiger partial charge in [-0.1, -0.05) is 5.16 Å². The first-order chi connectivity index (χ1) is 11.1. The highest BCUT2D eigenvalue weighted by molar-refractivity contribution is 6.04. The Labute approximate surface area is 129 Å². The summed E-state index contributed by atoms with van der Waals surface area (Å²) < 4.78 is 9.85. The van der Waals surface area contributed by atoms with Gasteiger partial charge in [0.25, 0.3) is 11.8 Å². The van der Waals surface area contributed by atoms with Gasteiger partial charge in [-0.25, -0.2) is 0 Å². The maximum Gasteiger partial charge on any atom is 0.302 e. The van der Waals surface area contributed by atoms with Gasteiger partial charge in [-0.05, 0) is 19.1 Å². The summed E-state index contributed by atoms with van der Waals surface area (Å²) >= 11 is 0. The van der Waals surface area contributed by atoms with Crippen LogP contribution in [0.4, 0.5) is 11.7 Å². The molecular formula is C14H11N5O4. The Hall–Kier alpha value is -3.49. The van der Waals surface area contributed by atoms with Gasteiger partial charge in [-0.2, -0.15) is 4.98 Å². The molecule has 9 nitrogen and oxygen atoms in total. The van der Waals surface area contributed by atoms with Crippen molar-refractivity contribution in [3.8, 4) is 0 Å². The number of pyridine rings is 1. The third-order valence-corrected chi connectivity index (χ3v) is 2.74. The van der Waals surface area contributed by atoms with Crippen LogP contribution >= 0.6 is 0 Å². The van der Waals surface area contributed by atoms with Gasteiger partial charge in [0.05, 0.1) is 11.9 Å². The highest BCUT2D eigenvalue weighted by Gasteiger charge is 2.17. The molecule has 0 aliphatic carbocycles. The number of oxazole rings is 1.